The second-order valence-corrected chi connectivity index (χ2v) is 8.91. The molecule has 0 aliphatic carbocycles. The lowest BCUT2D eigenvalue weighted by molar-refractivity contribution is -0.582. The van der Waals surface area contributed by atoms with Gasteiger partial charge in [0, 0.05) is 4.92 Å². The zero-order valence-corrected chi connectivity index (χ0v) is 18.3. The lowest BCUT2D eigenvalue weighted by Gasteiger charge is -2.31. The molecule has 4 atom stereocenters. The number of ether oxygens (including phenoxy) is 2. The van der Waals surface area contributed by atoms with Crippen LogP contribution in [-0.2, 0) is 19.8 Å². The fraction of sp³-hybridized carbons (Fsp3) is 0.391. The van der Waals surface area contributed by atoms with Crippen LogP contribution < -0.4 is 10.2 Å². The number of carbonyl (C=O) groups is 2. The summed E-state index contributed by atoms with van der Waals surface area (Å²) in [6.45, 7) is 5.14. The molecule has 1 N–H and O–H groups in total. The number of para-hydroxylation sites is 1. The summed E-state index contributed by atoms with van der Waals surface area (Å²) < 4.78 is 10.6. The number of anilines is 1. The van der Waals surface area contributed by atoms with Crippen LogP contribution in [0.2, 0.25) is 0 Å². The van der Waals surface area contributed by atoms with Crippen LogP contribution in [0.15, 0.2) is 54.6 Å². The van der Waals surface area contributed by atoms with Crippen LogP contribution in [0.5, 0.6) is 0 Å². The molecule has 2 aromatic rings. The minimum absolute atomic E-state index is 0.341. The van der Waals surface area contributed by atoms with E-state index in [2.05, 4.69) is 5.32 Å². The minimum atomic E-state index is -1.83. The number of rotatable bonds is 3. The number of nitrogens with one attached hydrogen (secondary N) is 1. The monoisotopic (exact) mass is 439 g/mol. The summed E-state index contributed by atoms with van der Waals surface area (Å²) in [6, 6.07) is 12.3. The Morgan fingerprint density at radius 2 is 1.72 bits per heavy atom. The smallest absolute Gasteiger partial charge is 0.415 e. The fourth-order valence-corrected chi connectivity index (χ4v) is 4.81. The average molecular weight is 439 g/mol. The summed E-state index contributed by atoms with van der Waals surface area (Å²) in [5, 5.41) is 16.0. The van der Waals surface area contributed by atoms with E-state index in [1.165, 1.54) is 12.0 Å². The van der Waals surface area contributed by atoms with E-state index in [-0.39, 0.29) is 0 Å². The van der Waals surface area contributed by atoms with Crippen molar-refractivity contribution in [1.82, 2.24) is 5.32 Å². The second kappa shape index (κ2) is 7.59. The number of benzene rings is 2. The number of methoxy groups -OCH3 is 1. The van der Waals surface area contributed by atoms with Crippen LogP contribution in [0.4, 0.5) is 10.5 Å². The van der Waals surface area contributed by atoms with Gasteiger partial charge in [-0.3, -0.25) is 25.1 Å². The van der Waals surface area contributed by atoms with Crippen molar-refractivity contribution < 1.29 is 24.0 Å². The van der Waals surface area contributed by atoms with Gasteiger partial charge in [0.05, 0.1) is 18.4 Å². The van der Waals surface area contributed by atoms with E-state index in [0.29, 0.717) is 16.8 Å². The summed E-state index contributed by atoms with van der Waals surface area (Å²) in [6.07, 6.45) is -0.761. The number of nitro groups is 1. The second-order valence-electron chi connectivity index (χ2n) is 8.91. The predicted molar refractivity (Wildman–Crippen MR) is 116 cm³/mol. The molecular formula is C23H25N3O6. The van der Waals surface area contributed by atoms with Crippen LogP contribution in [0.25, 0.3) is 0 Å². The van der Waals surface area contributed by atoms with Crippen LogP contribution >= 0.6 is 0 Å². The van der Waals surface area contributed by atoms with E-state index in [9.17, 15) is 19.7 Å². The highest BCUT2D eigenvalue weighted by atomic mass is 16.6. The third kappa shape index (κ3) is 3.12. The van der Waals surface area contributed by atoms with E-state index in [0.717, 1.165) is 0 Å². The average Bonchev–Trinajstić information content (AvgIpc) is 3.24. The zero-order chi connectivity index (χ0) is 23.3. The molecule has 0 spiro atoms. The van der Waals surface area contributed by atoms with E-state index in [1.54, 1.807) is 69.3 Å². The first-order chi connectivity index (χ1) is 15.1. The van der Waals surface area contributed by atoms with Crippen LogP contribution in [0.3, 0.4) is 0 Å². The van der Waals surface area contributed by atoms with Gasteiger partial charge in [-0.15, -0.1) is 0 Å². The number of hydrogen-bond donors (Lipinski definition) is 1. The first kappa shape index (κ1) is 21.8. The van der Waals surface area contributed by atoms with Crippen molar-refractivity contribution in [3.63, 3.8) is 0 Å². The van der Waals surface area contributed by atoms with E-state index in [4.69, 9.17) is 9.47 Å². The quantitative estimate of drug-likeness (QED) is 0.444. The molecule has 4 rings (SSSR count). The van der Waals surface area contributed by atoms with Gasteiger partial charge >= 0.3 is 12.1 Å². The molecule has 0 unspecified atom stereocenters. The van der Waals surface area contributed by atoms with E-state index < -0.39 is 46.3 Å². The molecule has 1 saturated heterocycles. The van der Waals surface area contributed by atoms with Crippen LogP contribution in [0, 0.1) is 10.1 Å². The standard InChI is InChI=1S/C23H25N3O6/c1-22(2,3)32-21(28)25-16-13-9-8-12-15(16)23(26(29)30)18(14-10-6-5-7-11-14)24-17(19(23)25)20(27)31-4/h5-13,17-19,24H,1-4H3/t17-,18+,19+,23+/m0/s1. The molecule has 9 heteroatoms. The molecule has 0 bridgehead atoms. The van der Waals surface area contributed by atoms with Gasteiger partial charge in [0.15, 0.2) is 0 Å². The Morgan fingerprint density at radius 3 is 2.31 bits per heavy atom. The van der Waals surface area contributed by atoms with Crippen molar-refractivity contribution in [2.45, 2.75) is 50.0 Å². The molecule has 2 aliphatic rings. The lowest BCUT2D eigenvalue weighted by Crippen LogP contribution is -2.57. The first-order valence-corrected chi connectivity index (χ1v) is 10.3. The Labute approximate surface area is 185 Å². The zero-order valence-electron chi connectivity index (χ0n) is 18.3. The van der Waals surface area contributed by atoms with Gasteiger partial charge in [0.2, 0.25) is 0 Å². The third-order valence-electron chi connectivity index (χ3n) is 5.91. The molecule has 9 nitrogen and oxygen atoms in total. The van der Waals surface area contributed by atoms with Gasteiger partial charge in [0.1, 0.15) is 23.7 Å². The topological polar surface area (TPSA) is 111 Å². The Morgan fingerprint density at radius 1 is 1.09 bits per heavy atom. The highest BCUT2D eigenvalue weighted by Crippen LogP contribution is 2.57. The first-order valence-electron chi connectivity index (χ1n) is 10.3. The van der Waals surface area contributed by atoms with Crippen LogP contribution in [0.1, 0.15) is 37.9 Å². The summed E-state index contributed by atoms with van der Waals surface area (Å²) in [5.74, 6) is -0.693. The SMILES string of the molecule is COC(=O)[C@H]1N[C@H](c2ccccc2)[C@]2([N+](=O)[O-])c3ccccc3N(C(=O)OC(C)(C)C)[C@H]12. The minimum Gasteiger partial charge on any atom is -0.468 e. The van der Waals surface area contributed by atoms with E-state index >= 15 is 0 Å². The number of esters is 1. The molecule has 2 aliphatic heterocycles. The highest BCUT2D eigenvalue weighted by Gasteiger charge is 2.75. The van der Waals surface area contributed by atoms with Crippen molar-refractivity contribution in [3.8, 4) is 0 Å². The molecule has 0 saturated carbocycles. The number of carbonyl (C=O) groups excluding carboxylic acids is 2. The van der Waals surface area contributed by atoms with Crippen LogP contribution in [-0.4, -0.2) is 41.8 Å². The van der Waals surface area contributed by atoms with Gasteiger partial charge in [-0.05, 0) is 38.5 Å². The molecule has 1 fully saturated rings. The molecule has 0 aromatic heterocycles. The van der Waals surface area contributed by atoms with Gasteiger partial charge < -0.3 is 9.47 Å². The fourth-order valence-electron chi connectivity index (χ4n) is 4.81. The molecule has 1 amide bonds. The maximum absolute atomic E-state index is 13.3. The normalized spacial score (nSPS) is 26.2. The molecule has 0 radical (unpaired) electrons. The Kier molecular flexibility index (Phi) is 5.16. The number of amides is 1. The summed E-state index contributed by atoms with van der Waals surface area (Å²) >= 11 is 0. The van der Waals surface area contributed by atoms with Gasteiger partial charge in [-0.1, -0.05) is 42.5 Å². The highest BCUT2D eigenvalue weighted by molar-refractivity contribution is 5.95. The lowest BCUT2D eigenvalue weighted by atomic mass is 9.78. The molecule has 168 valence electrons. The third-order valence-corrected chi connectivity index (χ3v) is 5.91. The van der Waals surface area contributed by atoms with E-state index in [1.807, 2.05) is 6.07 Å². The summed E-state index contributed by atoms with van der Waals surface area (Å²) in [4.78, 5) is 39.9. The Bertz CT molecular complexity index is 1070. The number of hydrogen-bond acceptors (Lipinski definition) is 7. The molecular weight excluding hydrogens is 414 g/mol. The summed E-state index contributed by atoms with van der Waals surface area (Å²) in [5.41, 5.74) is -1.35. The Hall–Kier alpha value is -3.46. The van der Waals surface area contributed by atoms with Crippen molar-refractivity contribution in [2.75, 3.05) is 12.0 Å². The maximum atomic E-state index is 13.3. The summed E-state index contributed by atoms with van der Waals surface area (Å²) in [7, 11) is 1.22. The number of nitrogens with zero attached hydrogens (tertiary/aromatic N) is 2. The van der Waals surface area contributed by atoms with Crippen molar-refractivity contribution in [2.24, 2.45) is 0 Å². The van der Waals surface area contributed by atoms with Gasteiger partial charge in [0.25, 0.3) is 5.54 Å². The van der Waals surface area contributed by atoms with Crippen molar-refractivity contribution in [3.05, 3.63) is 75.8 Å². The molecule has 2 heterocycles. The van der Waals surface area contributed by atoms with Crippen molar-refractivity contribution in [1.29, 1.82) is 0 Å². The van der Waals surface area contributed by atoms with Gasteiger partial charge in [-0.2, -0.15) is 0 Å². The molecule has 32 heavy (non-hydrogen) atoms. The molecule has 2 aromatic carbocycles. The van der Waals surface area contributed by atoms with Gasteiger partial charge in [-0.25, -0.2) is 4.79 Å². The largest absolute Gasteiger partial charge is 0.468 e. The Balaban J connectivity index is 1.99. The van der Waals surface area contributed by atoms with Crippen molar-refractivity contribution >= 4 is 17.7 Å². The predicted octanol–water partition coefficient (Wildman–Crippen LogP) is 3.17. The number of fused-ring (bicyclic) bond motifs is 3. The maximum Gasteiger partial charge on any atom is 0.415 e.